The first-order valence-corrected chi connectivity index (χ1v) is 5.69. The predicted octanol–water partition coefficient (Wildman–Crippen LogP) is 3.26. The van der Waals surface area contributed by atoms with E-state index in [0.717, 1.165) is 11.1 Å². The quantitative estimate of drug-likeness (QED) is 0.764. The smallest absolute Gasteiger partial charge is 0.230 e. The van der Waals surface area contributed by atoms with Gasteiger partial charge in [-0.3, -0.25) is 4.79 Å². The van der Waals surface area contributed by atoms with E-state index in [0.29, 0.717) is 23.6 Å². The molecule has 1 aliphatic rings. The molecule has 0 fully saturated rings. The van der Waals surface area contributed by atoms with Gasteiger partial charge in [0.05, 0.1) is 5.56 Å². The first-order chi connectivity index (χ1) is 8.78. The Bertz CT molecular complexity index is 647. The van der Waals surface area contributed by atoms with E-state index >= 15 is 0 Å². The maximum Gasteiger partial charge on any atom is 0.230 e. The Morgan fingerprint density at radius 2 is 2.22 bits per heavy atom. The Balaban J connectivity index is 2.14. The standard InChI is InChI=1S/C15H11NO2/c1-2-10-5-6-14-11(8-10)9-13(17)12-4-3-7-16-15(12)18-14/h2-8H,1,9H2. The number of nitrogens with zero attached hydrogens (tertiary/aromatic N) is 1. The SMILES string of the molecule is C=Cc1ccc2c(c1)CC(=O)c1cccnc1O2. The Kier molecular flexibility index (Phi) is 2.45. The lowest BCUT2D eigenvalue weighted by Gasteiger charge is -2.07. The van der Waals surface area contributed by atoms with Crippen molar-refractivity contribution in [1.29, 1.82) is 0 Å². The average molecular weight is 237 g/mol. The van der Waals surface area contributed by atoms with Gasteiger partial charge in [-0.25, -0.2) is 4.98 Å². The van der Waals surface area contributed by atoms with E-state index in [4.69, 9.17) is 4.74 Å². The molecule has 88 valence electrons. The van der Waals surface area contributed by atoms with Crippen LogP contribution in [-0.4, -0.2) is 10.8 Å². The third-order valence-corrected chi connectivity index (χ3v) is 2.95. The van der Waals surface area contributed by atoms with E-state index in [1.807, 2.05) is 18.2 Å². The van der Waals surface area contributed by atoms with Crippen LogP contribution in [0, 0.1) is 0 Å². The highest BCUT2D eigenvalue weighted by Crippen LogP contribution is 2.32. The molecule has 3 nitrogen and oxygen atoms in total. The van der Waals surface area contributed by atoms with Gasteiger partial charge in [0, 0.05) is 18.2 Å². The molecule has 2 heterocycles. The van der Waals surface area contributed by atoms with E-state index in [9.17, 15) is 4.79 Å². The minimum atomic E-state index is 0.0260. The fourth-order valence-electron chi connectivity index (χ4n) is 2.02. The highest BCUT2D eigenvalue weighted by Gasteiger charge is 2.21. The predicted molar refractivity (Wildman–Crippen MR) is 68.9 cm³/mol. The van der Waals surface area contributed by atoms with Crippen LogP contribution < -0.4 is 4.74 Å². The van der Waals surface area contributed by atoms with Gasteiger partial charge in [-0.1, -0.05) is 18.7 Å². The number of rotatable bonds is 1. The molecule has 0 bridgehead atoms. The summed E-state index contributed by atoms with van der Waals surface area (Å²) < 4.78 is 5.71. The fraction of sp³-hybridized carbons (Fsp3) is 0.0667. The molecule has 3 rings (SSSR count). The Hall–Kier alpha value is -2.42. The van der Waals surface area contributed by atoms with E-state index in [2.05, 4.69) is 11.6 Å². The number of ether oxygens (including phenoxy) is 1. The summed E-state index contributed by atoms with van der Waals surface area (Å²) in [6.07, 6.45) is 3.70. The van der Waals surface area contributed by atoms with Crippen LogP contribution in [0.25, 0.3) is 6.08 Å². The van der Waals surface area contributed by atoms with E-state index in [1.165, 1.54) is 0 Å². The molecule has 0 radical (unpaired) electrons. The van der Waals surface area contributed by atoms with Gasteiger partial charge in [0.1, 0.15) is 5.75 Å². The van der Waals surface area contributed by atoms with Crippen molar-refractivity contribution < 1.29 is 9.53 Å². The van der Waals surface area contributed by atoms with Crippen molar-refractivity contribution in [3.63, 3.8) is 0 Å². The van der Waals surface area contributed by atoms with Crippen LogP contribution >= 0.6 is 0 Å². The summed E-state index contributed by atoms with van der Waals surface area (Å²) in [6.45, 7) is 3.72. The van der Waals surface area contributed by atoms with Crippen molar-refractivity contribution in [1.82, 2.24) is 4.98 Å². The molecule has 1 aromatic carbocycles. The zero-order chi connectivity index (χ0) is 12.5. The highest BCUT2D eigenvalue weighted by molar-refractivity contribution is 6.00. The van der Waals surface area contributed by atoms with Crippen LogP contribution in [0.5, 0.6) is 11.6 Å². The second-order valence-electron chi connectivity index (χ2n) is 4.13. The second-order valence-corrected chi connectivity index (χ2v) is 4.13. The molecule has 0 unspecified atom stereocenters. The minimum Gasteiger partial charge on any atom is -0.438 e. The van der Waals surface area contributed by atoms with Crippen molar-refractivity contribution in [2.24, 2.45) is 0 Å². The molecule has 2 aromatic rings. The Morgan fingerprint density at radius 1 is 1.33 bits per heavy atom. The van der Waals surface area contributed by atoms with E-state index in [1.54, 1.807) is 24.4 Å². The van der Waals surface area contributed by atoms with Crippen LogP contribution in [-0.2, 0) is 6.42 Å². The Morgan fingerprint density at radius 3 is 3.06 bits per heavy atom. The third-order valence-electron chi connectivity index (χ3n) is 2.95. The molecule has 0 atom stereocenters. The zero-order valence-electron chi connectivity index (χ0n) is 9.72. The molecule has 1 aromatic heterocycles. The van der Waals surface area contributed by atoms with Gasteiger partial charge < -0.3 is 4.74 Å². The zero-order valence-corrected chi connectivity index (χ0v) is 9.72. The molecule has 0 saturated heterocycles. The fourth-order valence-corrected chi connectivity index (χ4v) is 2.02. The highest BCUT2D eigenvalue weighted by atomic mass is 16.5. The largest absolute Gasteiger partial charge is 0.438 e. The summed E-state index contributed by atoms with van der Waals surface area (Å²) in [5, 5.41) is 0. The van der Waals surface area contributed by atoms with Gasteiger partial charge in [0.15, 0.2) is 5.78 Å². The lowest BCUT2D eigenvalue weighted by atomic mass is 10.0. The molecule has 3 heteroatoms. The van der Waals surface area contributed by atoms with Gasteiger partial charge in [0.25, 0.3) is 0 Å². The number of carbonyl (C=O) groups is 1. The van der Waals surface area contributed by atoms with Gasteiger partial charge in [-0.2, -0.15) is 0 Å². The van der Waals surface area contributed by atoms with Crippen LogP contribution in [0.2, 0.25) is 0 Å². The molecule has 0 aliphatic carbocycles. The third kappa shape index (κ3) is 1.70. The maximum atomic E-state index is 12.1. The summed E-state index contributed by atoms with van der Waals surface area (Å²) in [5.41, 5.74) is 2.38. The maximum absolute atomic E-state index is 12.1. The molecule has 0 N–H and O–H groups in total. The van der Waals surface area contributed by atoms with Crippen molar-refractivity contribution in [2.75, 3.05) is 0 Å². The van der Waals surface area contributed by atoms with Crippen molar-refractivity contribution in [2.45, 2.75) is 6.42 Å². The van der Waals surface area contributed by atoms with Gasteiger partial charge >= 0.3 is 0 Å². The van der Waals surface area contributed by atoms with Crippen LogP contribution in [0.15, 0.2) is 43.1 Å². The van der Waals surface area contributed by atoms with Crippen molar-refractivity contribution in [3.8, 4) is 11.6 Å². The first-order valence-electron chi connectivity index (χ1n) is 5.69. The number of aromatic nitrogens is 1. The number of fused-ring (bicyclic) bond motifs is 2. The van der Waals surface area contributed by atoms with E-state index < -0.39 is 0 Å². The number of Topliss-reactive ketones (excluding diaryl/α,β-unsaturated/α-hetero) is 1. The monoisotopic (exact) mass is 237 g/mol. The molecule has 1 aliphatic heterocycles. The van der Waals surface area contributed by atoms with Crippen molar-refractivity contribution >= 4 is 11.9 Å². The van der Waals surface area contributed by atoms with E-state index in [-0.39, 0.29) is 5.78 Å². The van der Waals surface area contributed by atoms with Crippen LogP contribution in [0.4, 0.5) is 0 Å². The Labute approximate surface area is 105 Å². The van der Waals surface area contributed by atoms with Gasteiger partial charge in [0.2, 0.25) is 5.88 Å². The van der Waals surface area contributed by atoms with Crippen molar-refractivity contribution in [3.05, 3.63) is 59.8 Å². The molecule has 0 spiro atoms. The molecular formula is C15H11NO2. The molecule has 0 amide bonds. The number of carbonyl (C=O) groups excluding carboxylic acids is 1. The topological polar surface area (TPSA) is 39.2 Å². The second kappa shape index (κ2) is 4.11. The number of hydrogen-bond acceptors (Lipinski definition) is 3. The molecular weight excluding hydrogens is 226 g/mol. The summed E-state index contributed by atoms with van der Waals surface area (Å²) in [4.78, 5) is 16.2. The normalized spacial score (nSPS) is 13.0. The summed E-state index contributed by atoms with van der Waals surface area (Å²) in [5.74, 6) is 1.09. The summed E-state index contributed by atoms with van der Waals surface area (Å²) >= 11 is 0. The van der Waals surface area contributed by atoms with Gasteiger partial charge in [-0.05, 0) is 29.8 Å². The lowest BCUT2D eigenvalue weighted by molar-refractivity contribution is 0.0993. The number of hydrogen-bond donors (Lipinski definition) is 0. The number of pyridine rings is 1. The summed E-state index contributed by atoms with van der Waals surface area (Å²) in [6, 6.07) is 9.16. The molecule has 0 saturated carbocycles. The first kappa shape index (κ1) is 10.7. The lowest BCUT2D eigenvalue weighted by Crippen LogP contribution is -2.02. The molecule has 18 heavy (non-hydrogen) atoms. The number of benzene rings is 1. The van der Waals surface area contributed by atoms with Crippen LogP contribution in [0.1, 0.15) is 21.5 Å². The minimum absolute atomic E-state index is 0.0260. The van der Waals surface area contributed by atoms with Gasteiger partial charge in [-0.15, -0.1) is 0 Å². The average Bonchev–Trinajstić information content (AvgIpc) is 2.54. The van der Waals surface area contributed by atoms with Crippen LogP contribution in [0.3, 0.4) is 0 Å². The number of ketones is 1. The summed E-state index contributed by atoms with van der Waals surface area (Å²) in [7, 11) is 0.